The summed E-state index contributed by atoms with van der Waals surface area (Å²) in [5, 5.41) is 0. The molecule has 0 aliphatic carbocycles. The number of nitrogens with zero attached hydrogens (tertiary/aromatic N) is 2. The normalized spacial score (nSPS) is 25.5. The molecule has 7 nitrogen and oxygen atoms in total. The van der Waals surface area contributed by atoms with Crippen molar-refractivity contribution in [1.82, 2.24) is 0 Å². The fourth-order valence-electron chi connectivity index (χ4n) is 5.24. The smallest absolute Gasteiger partial charge is 0.308 e. The molecule has 2 fully saturated rings. The quantitative estimate of drug-likeness (QED) is 0.423. The van der Waals surface area contributed by atoms with Crippen LogP contribution in [0.25, 0.3) is 6.08 Å². The maximum atomic E-state index is 13.5. The van der Waals surface area contributed by atoms with Crippen molar-refractivity contribution >= 4 is 41.0 Å². The number of aryl methyl sites for hydroxylation is 1. The second-order valence-electron chi connectivity index (χ2n) is 8.53. The highest BCUT2D eigenvalue weighted by Crippen LogP contribution is 2.49. The van der Waals surface area contributed by atoms with Gasteiger partial charge in [0.15, 0.2) is 5.78 Å². The number of ketones is 1. The molecular weight excluding hydrogens is 408 g/mol. The minimum Gasteiger partial charge on any atom is -0.427 e. The number of rotatable bonds is 3. The van der Waals surface area contributed by atoms with E-state index >= 15 is 0 Å². The average Bonchev–Trinajstić information content (AvgIpc) is 3.21. The Bertz CT molecular complexity index is 1200. The number of hydrogen-bond acceptors (Lipinski definition) is 6. The monoisotopic (exact) mass is 430 g/mol. The van der Waals surface area contributed by atoms with E-state index in [0.29, 0.717) is 11.4 Å². The number of carbonyl (C=O) groups excluding carboxylic acids is 4. The number of benzene rings is 2. The van der Waals surface area contributed by atoms with Gasteiger partial charge in [0, 0.05) is 12.6 Å². The summed E-state index contributed by atoms with van der Waals surface area (Å²) in [7, 11) is 0. The lowest BCUT2D eigenvalue weighted by molar-refractivity contribution is -0.132. The Hall–Kier alpha value is -3.74. The fourth-order valence-corrected chi connectivity index (χ4v) is 5.24. The van der Waals surface area contributed by atoms with Crippen molar-refractivity contribution in [1.29, 1.82) is 0 Å². The molecule has 3 aliphatic rings. The molecule has 2 saturated heterocycles. The van der Waals surface area contributed by atoms with Gasteiger partial charge in [-0.3, -0.25) is 19.2 Å². The van der Waals surface area contributed by atoms with E-state index in [1.54, 1.807) is 24.3 Å². The zero-order valence-electron chi connectivity index (χ0n) is 17.9. The highest BCUT2D eigenvalue weighted by Gasteiger charge is 2.63. The third kappa shape index (κ3) is 2.88. The summed E-state index contributed by atoms with van der Waals surface area (Å²) in [6.45, 7) is 4.77. The summed E-state index contributed by atoms with van der Waals surface area (Å²) in [5.41, 5.74) is 3.34. The molecule has 2 aromatic carbocycles. The molecule has 4 atom stereocenters. The molecule has 0 aromatic heterocycles. The topological polar surface area (TPSA) is 84.0 Å². The van der Waals surface area contributed by atoms with E-state index in [1.165, 1.54) is 18.7 Å². The number of amides is 2. The van der Waals surface area contributed by atoms with Gasteiger partial charge >= 0.3 is 5.97 Å². The lowest BCUT2D eigenvalue weighted by Gasteiger charge is -2.36. The number of carbonyl (C=O) groups is 4. The van der Waals surface area contributed by atoms with Crippen molar-refractivity contribution in [2.45, 2.75) is 32.9 Å². The van der Waals surface area contributed by atoms with Crippen LogP contribution in [0.1, 0.15) is 25.0 Å². The summed E-state index contributed by atoms with van der Waals surface area (Å²) < 4.78 is 5.03. The SMILES string of the molecule is CC(=O)Oc1ccc(N2C(=O)[C@@H]3[C@H](C2=O)[C@H]2C=Cc4cc(C)ccc4N2[C@H]3C(C)=O)cc1. The molecule has 3 heterocycles. The van der Waals surface area contributed by atoms with E-state index in [-0.39, 0.29) is 23.6 Å². The Kier molecular flexibility index (Phi) is 4.51. The Morgan fingerprint density at radius 2 is 1.62 bits per heavy atom. The van der Waals surface area contributed by atoms with Gasteiger partial charge in [-0.2, -0.15) is 0 Å². The van der Waals surface area contributed by atoms with Crippen molar-refractivity contribution in [3.05, 3.63) is 59.7 Å². The fraction of sp³-hybridized carbons (Fsp3) is 0.280. The van der Waals surface area contributed by atoms with Crippen LogP contribution in [0.4, 0.5) is 11.4 Å². The lowest BCUT2D eigenvalue weighted by Crippen LogP contribution is -2.48. The minimum absolute atomic E-state index is 0.141. The first-order valence-corrected chi connectivity index (χ1v) is 10.5. The predicted octanol–water partition coefficient (Wildman–Crippen LogP) is 2.90. The first kappa shape index (κ1) is 20.2. The second-order valence-corrected chi connectivity index (χ2v) is 8.53. The van der Waals surface area contributed by atoms with E-state index in [2.05, 4.69) is 0 Å². The van der Waals surface area contributed by atoms with Crippen molar-refractivity contribution in [2.24, 2.45) is 11.8 Å². The molecule has 5 rings (SSSR count). The predicted molar refractivity (Wildman–Crippen MR) is 118 cm³/mol. The van der Waals surface area contributed by atoms with Gasteiger partial charge in [0.25, 0.3) is 0 Å². The van der Waals surface area contributed by atoms with Crippen LogP contribution in [0.15, 0.2) is 48.5 Å². The molecular formula is C25H22N2O5. The van der Waals surface area contributed by atoms with Crippen molar-refractivity contribution in [2.75, 3.05) is 9.80 Å². The largest absolute Gasteiger partial charge is 0.427 e. The molecule has 0 N–H and O–H groups in total. The molecule has 2 aromatic rings. The van der Waals surface area contributed by atoms with Gasteiger partial charge in [-0.15, -0.1) is 0 Å². The third-order valence-electron chi connectivity index (χ3n) is 6.43. The van der Waals surface area contributed by atoms with Gasteiger partial charge in [-0.1, -0.05) is 23.8 Å². The Labute approximate surface area is 185 Å². The average molecular weight is 430 g/mol. The highest BCUT2D eigenvalue weighted by molar-refractivity contribution is 6.24. The van der Waals surface area contributed by atoms with E-state index in [9.17, 15) is 19.2 Å². The Morgan fingerprint density at radius 3 is 2.28 bits per heavy atom. The Morgan fingerprint density at radius 1 is 0.938 bits per heavy atom. The van der Waals surface area contributed by atoms with Crippen LogP contribution in [-0.2, 0) is 19.2 Å². The standard InChI is InChI=1S/C25H22N2O5/c1-13-4-10-19-16(12-13)5-11-20-21-22(23(14(2)28)27(19)20)25(31)26(24(21)30)17-6-8-18(9-7-17)32-15(3)29/h4-12,20-23H,1-3H3/t20-,21-,22-,23+/m1/s1. The molecule has 0 unspecified atom stereocenters. The zero-order valence-corrected chi connectivity index (χ0v) is 17.9. The number of Topliss-reactive ketones (excluding diaryl/α,β-unsaturated/α-hetero) is 1. The maximum absolute atomic E-state index is 13.5. The van der Waals surface area contributed by atoms with Gasteiger partial charge < -0.3 is 9.64 Å². The van der Waals surface area contributed by atoms with Crippen LogP contribution in [0.5, 0.6) is 5.75 Å². The highest BCUT2D eigenvalue weighted by atomic mass is 16.5. The van der Waals surface area contributed by atoms with E-state index in [1.807, 2.05) is 42.2 Å². The van der Waals surface area contributed by atoms with Crippen molar-refractivity contribution < 1.29 is 23.9 Å². The second kappa shape index (κ2) is 7.15. The summed E-state index contributed by atoms with van der Waals surface area (Å²) in [6, 6.07) is 11.1. The van der Waals surface area contributed by atoms with Crippen LogP contribution in [-0.4, -0.2) is 35.7 Å². The number of hydrogen-bond donors (Lipinski definition) is 0. The summed E-state index contributed by atoms with van der Waals surface area (Å²) >= 11 is 0. The Balaban J connectivity index is 1.54. The van der Waals surface area contributed by atoms with Gasteiger partial charge in [0.2, 0.25) is 11.8 Å². The van der Waals surface area contributed by atoms with Crippen LogP contribution in [0, 0.1) is 18.8 Å². The number of esters is 1. The summed E-state index contributed by atoms with van der Waals surface area (Å²) in [6.07, 6.45) is 3.90. The van der Waals surface area contributed by atoms with Crippen LogP contribution >= 0.6 is 0 Å². The van der Waals surface area contributed by atoms with Crippen LogP contribution in [0.3, 0.4) is 0 Å². The molecule has 0 radical (unpaired) electrons. The van der Waals surface area contributed by atoms with Gasteiger partial charge in [0.05, 0.1) is 23.6 Å². The molecule has 3 aliphatic heterocycles. The third-order valence-corrected chi connectivity index (χ3v) is 6.43. The van der Waals surface area contributed by atoms with Crippen LogP contribution in [0.2, 0.25) is 0 Å². The lowest BCUT2D eigenvalue weighted by atomic mass is 9.88. The number of fused-ring (bicyclic) bond motifs is 5. The molecule has 2 amide bonds. The van der Waals surface area contributed by atoms with E-state index < -0.39 is 23.8 Å². The first-order chi connectivity index (χ1) is 15.3. The summed E-state index contributed by atoms with van der Waals surface area (Å²) in [5.74, 6) is -2.36. The van der Waals surface area contributed by atoms with Gasteiger partial charge in [-0.05, 0) is 55.8 Å². The number of ether oxygens (including phenoxy) is 1. The van der Waals surface area contributed by atoms with Gasteiger partial charge in [0.1, 0.15) is 11.8 Å². The molecule has 7 heteroatoms. The zero-order chi connectivity index (χ0) is 22.7. The molecule has 162 valence electrons. The van der Waals surface area contributed by atoms with E-state index in [4.69, 9.17) is 4.74 Å². The molecule has 32 heavy (non-hydrogen) atoms. The molecule has 0 saturated carbocycles. The van der Waals surface area contributed by atoms with Crippen molar-refractivity contribution in [3.63, 3.8) is 0 Å². The number of imide groups is 1. The molecule has 0 spiro atoms. The van der Waals surface area contributed by atoms with E-state index in [0.717, 1.165) is 16.8 Å². The number of anilines is 2. The maximum Gasteiger partial charge on any atom is 0.308 e. The minimum atomic E-state index is -0.755. The van der Waals surface area contributed by atoms with Gasteiger partial charge in [-0.25, -0.2) is 4.90 Å². The summed E-state index contributed by atoms with van der Waals surface area (Å²) in [4.78, 5) is 54.0. The first-order valence-electron chi connectivity index (χ1n) is 10.5. The van der Waals surface area contributed by atoms with Crippen molar-refractivity contribution in [3.8, 4) is 5.75 Å². The van der Waals surface area contributed by atoms with Crippen LogP contribution < -0.4 is 14.5 Å². The molecule has 0 bridgehead atoms.